The van der Waals surface area contributed by atoms with Crippen molar-refractivity contribution in [2.45, 2.75) is 24.3 Å². The number of thioether (sulfide) groups is 1. The summed E-state index contributed by atoms with van der Waals surface area (Å²) in [4.78, 5) is 16.2. The van der Waals surface area contributed by atoms with Gasteiger partial charge in [0, 0.05) is 41.1 Å². The molecule has 0 N–H and O–H groups in total. The van der Waals surface area contributed by atoms with Crippen LogP contribution in [0.1, 0.15) is 28.8 Å². The Labute approximate surface area is 158 Å². The highest BCUT2D eigenvalue weighted by Gasteiger charge is 2.28. The molecule has 0 aromatic heterocycles. The monoisotopic (exact) mass is 373 g/mol. The second-order valence-corrected chi connectivity index (χ2v) is 7.44. The zero-order valence-electron chi connectivity index (χ0n) is 15.2. The number of likely N-dealkylation sites (tertiary alicyclic amines) is 1. The third-order valence-electron chi connectivity index (χ3n) is 4.90. The van der Waals surface area contributed by atoms with E-state index in [2.05, 4.69) is 4.90 Å². The van der Waals surface area contributed by atoms with Crippen LogP contribution in [0.4, 0.5) is 4.39 Å². The normalized spacial score (nSPS) is 17.9. The Balaban J connectivity index is 1.70. The number of methoxy groups -OCH3 is 1. The average Bonchev–Trinajstić information content (AvgIpc) is 2.69. The number of hydrogen-bond donors (Lipinski definition) is 0. The quantitative estimate of drug-likeness (QED) is 0.544. The Morgan fingerprint density at radius 1 is 1.31 bits per heavy atom. The number of halogens is 1. The number of rotatable bonds is 6. The first-order valence-electron chi connectivity index (χ1n) is 8.84. The third kappa shape index (κ3) is 4.27. The van der Waals surface area contributed by atoms with Crippen molar-refractivity contribution in [3.63, 3.8) is 0 Å². The molecule has 2 aromatic carbocycles. The molecule has 1 unspecified atom stereocenters. The molecule has 0 amide bonds. The second-order valence-electron chi connectivity index (χ2n) is 6.60. The zero-order valence-corrected chi connectivity index (χ0v) is 16.0. The summed E-state index contributed by atoms with van der Waals surface area (Å²) in [5.74, 6) is 0.436. The Morgan fingerprint density at radius 2 is 2.12 bits per heavy atom. The number of ketones is 1. The highest BCUT2D eigenvalue weighted by Crippen LogP contribution is 2.28. The van der Waals surface area contributed by atoms with E-state index in [0.29, 0.717) is 24.4 Å². The van der Waals surface area contributed by atoms with Crippen LogP contribution in [-0.4, -0.2) is 37.1 Å². The SMILES string of the molecule is COc1ccc(CN2CCCC(C(=O)c3ccccc3SC)C2)c(F)c1. The lowest BCUT2D eigenvalue weighted by molar-refractivity contribution is 0.0807. The maximum absolute atomic E-state index is 14.2. The van der Waals surface area contributed by atoms with Crippen LogP contribution in [0.3, 0.4) is 0 Å². The fraction of sp³-hybridized carbons (Fsp3) is 0.381. The Kier molecular flexibility index (Phi) is 6.33. The lowest BCUT2D eigenvalue weighted by Crippen LogP contribution is -2.38. The number of ether oxygens (including phenoxy) is 1. The van der Waals surface area contributed by atoms with Crippen molar-refractivity contribution < 1.29 is 13.9 Å². The second kappa shape index (κ2) is 8.69. The summed E-state index contributed by atoms with van der Waals surface area (Å²) in [5, 5.41) is 0. The lowest BCUT2D eigenvalue weighted by Gasteiger charge is -2.32. The van der Waals surface area contributed by atoms with E-state index in [4.69, 9.17) is 4.74 Å². The molecule has 0 aliphatic carbocycles. The van der Waals surface area contributed by atoms with E-state index >= 15 is 0 Å². The smallest absolute Gasteiger partial charge is 0.168 e. The Morgan fingerprint density at radius 3 is 2.85 bits per heavy atom. The molecule has 138 valence electrons. The maximum atomic E-state index is 14.2. The van der Waals surface area contributed by atoms with E-state index < -0.39 is 0 Å². The molecule has 3 rings (SSSR count). The number of carbonyl (C=O) groups is 1. The highest BCUT2D eigenvalue weighted by atomic mass is 32.2. The molecule has 5 heteroatoms. The Bertz CT molecular complexity index is 780. The van der Waals surface area contributed by atoms with E-state index in [1.165, 1.54) is 13.2 Å². The van der Waals surface area contributed by atoms with Gasteiger partial charge in [0.05, 0.1) is 7.11 Å². The van der Waals surface area contributed by atoms with E-state index in [-0.39, 0.29) is 17.5 Å². The van der Waals surface area contributed by atoms with E-state index in [9.17, 15) is 9.18 Å². The van der Waals surface area contributed by atoms with Crippen molar-refractivity contribution in [1.29, 1.82) is 0 Å². The summed E-state index contributed by atoms with van der Waals surface area (Å²) in [6.07, 6.45) is 3.84. The van der Waals surface area contributed by atoms with Gasteiger partial charge in [0.15, 0.2) is 5.78 Å². The van der Waals surface area contributed by atoms with Gasteiger partial charge >= 0.3 is 0 Å². The summed E-state index contributed by atoms with van der Waals surface area (Å²) in [7, 11) is 1.53. The van der Waals surface area contributed by atoms with Gasteiger partial charge < -0.3 is 4.74 Å². The number of carbonyl (C=O) groups excluding carboxylic acids is 1. The van der Waals surface area contributed by atoms with Crippen LogP contribution in [0.15, 0.2) is 47.4 Å². The predicted octanol–water partition coefficient (Wildman–Crippen LogP) is 4.65. The average molecular weight is 373 g/mol. The molecule has 1 aliphatic rings. The molecule has 26 heavy (non-hydrogen) atoms. The van der Waals surface area contributed by atoms with Crippen LogP contribution < -0.4 is 4.74 Å². The van der Waals surface area contributed by atoms with E-state index in [0.717, 1.165) is 29.8 Å². The molecule has 1 atom stereocenters. The minimum absolute atomic E-state index is 0.0293. The summed E-state index contributed by atoms with van der Waals surface area (Å²) < 4.78 is 19.3. The fourth-order valence-electron chi connectivity index (χ4n) is 3.51. The third-order valence-corrected chi connectivity index (χ3v) is 5.70. The minimum Gasteiger partial charge on any atom is -0.497 e. The van der Waals surface area contributed by atoms with E-state index in [1.807, 2.05) is 30.5 Å². The lowest BCUT2D eigenvalue weighted by atomic mass is 9.89. The van der Waals surface area contributed by atoms with Crippen LogP contribution in [-0.2, 0) is 6.54 Å². The number of Topliss-reactive ketones (excluding diaryl/α,β-unsaturated/α-hetero) is 1. The first-order valence-corrected chi connectivity index (χ1v) is 10.1. The van der Waals surface area contributed by atoms with Crippen LogP contribution in [0.25, 0.3) is 0 Å². The number of benzene rings is 2. The largest absolute Gasteiger partial charge is 0.497 e. The van der Waals surface area contributed by atoms with Crippen molar-refractivity contribution in [2.75, 3.05) is 26.5 Å². The molecule has 1 saturated heterocycles. The summed E-state index contributed by atoms with van der Waals surface area (Å²) in [5.41, 5.74) is 1.45. The molecule has 0 spiro atoms. The van der Waals surface area contributed by atoms with Crippen LogP contribution >= 0.6 is 11.8 Å². The van der Waals surface area contributed by atoms with Crippen molar-refractivity contribution in [3.05, 3.63) is 59.4 Å². The van der Waals surface area contributed by atoms with Gasteiger partial charge in [0.25, 0.3) is 0 Å². The minimum atomic E-state index is -0.259. The first kappa shape index (κ1) is 18.9. The van der Waals surface area contributed by atoms with Gasteiger partial charge in [-0.05, 0) is 37.8 Å². The molecule has 1 heterocycles. The van der Waals surface area contributed by atoms with Crippen molar-refractivity contribution >= 4 is 17.5 Å². The van der Waals surface area contributed by atoms with Crippen molar-refractivity contribution in [3.8, 4) is 5.75 Å². The van der Waals surface area contributed by atoms with Crippen molar-refractivity contribution in [1.82, 2.24) is 4.90 Å². The summed E-state index contributed by atoms with van der Waals surface area (Å²) in [6, 6.07) is 12.7. The fourth-order valence-corrected chi connectivity index (χ4v) is 4.11. The molecule has 0 saturated carbocycles. The number of piperidine rings is 1. The van der Waals surface area contributed by atoms with Crippen molar-refractivity contribution in [2.24, 2.45) is 5.92 Å². The first-order chi connectivity index (χ1) is 12.6. The molecule has 0 bridgehead atoms. The van der Waals surface area contributed by atoms with Gasteiger partial charge in [-0.3, -0.25) is 9.69 Å². The van der Waals surface area contributed by atoms with Gasteiger partial charge in [-0.25, -0.2) is 4.39 Å². The Hall–Kier alpha value is -1.85. The van der Waals surface area contributed by atoms with E-state index in [1.54, 1.807) is 23.9 Å². The predicted molar refractivity (Wildman–Crippen MR) is 104 cm³/mol. The van der Waals surface area contributed by atoms with Gasteiger partial charge in [-0.2, -0.15) is 0 Å². The van der Waals surface area contributed by atoms with Crippen LogP contribution in [0.2, 0.25) is 0 Å². The van der Waals surface area contributed by atoms with Gasteiger partial charge in [-0.1, -0.05) is 24.3 Å². The topological polar surface area (TPSA) is 29.5 Å². The van der Waals surface area contributed by atoms with Gasteiger partial charge in [-0.15, -0.1) is 11.8 Å². The van der Waals surface area contributed by atoms with Gasteiger partial charge in [0.2, 0.25) is 0 Å². The molecular weight excluding hydrogens is 349 g/mol. The van der Waals surface area contributed by atoms with Gasteiger partial charge in [0.1, 0.15) is 11.6 Å². The molecule has 1 aliphatic heterocycles. The number of nitrogens with zero attached hydrogens (tertiary/aromatic N) is 1. The van der Waals surface area contributed by atoms with Crippen LogP contribution in [0, 0.1) is 11.7 Å². The molecule has 2 aromatic rings. The molecule has 0 radical (unpaired) electrons. The molecule has 1 fully saturated rings. The van der Waals surface area contributed by atoms with Crippen LogP contribution in [0.5, 0.6) is 5.75 Å². The maximum Gasteiger partial charge on any atom is 0.168 e. The zero-order chi connectivity index (χ0) is 18.5. The standard InChI is InChI=1S/C21H24FNO2S/c1-25-17-10-9-15(19(22)12-17)13-23-11-5-6-16(14-23)21(24)18-7-3-4-8-20(18)26-2/h3-4,7-10,12,16H,5-6,11,13-14H2,1-2H3. The number of hydrogen-bond acceptors (Lipinski definition) is 4. The molecule has 3 nitrogen and oxygen atoms in total. The molecular formula is C21H24FNO2S. The highest BCUT2D eigenvalue weighted by molar-refractivity contribution is 7.98. The summed E-state index contributed by atoms with van der Waals surface area (Å²) in [6.45, 7) is 2.08. The summed E-state index contributed by atoms with van der Waals surface area (Å²) >= 11 is 1.60.